The van der Waals surface area contributed by atoms with Gasteiger partial charge in [-0.2, -0.15) is 4.31 Å². The Morgan fingerprint density at radius 1 is 1.12 bits per heavy atom. The highest BCUT2D eigenvalue weighted by molar-refractivity contribution is 7.98. The fraction of sp³-hybridized carbons (Fsp3) is 0.188. The Hall–Kier alpha value is -2.04. The number of rotatable bonds is 6. The number of halogens is 3. The van der Waals surface area contributed by atoms with Crippen LogP contribution >= 0.6 is 11.8 Å². The summed E-state index contributed by atoms with van der Waals surface area (Å²) < 4.78 is 65.3. The second-order valence-electron chi connectivity index (χ2n) is 5.18. The van der Waals surface area contributed by atoms with Gasteiger partial charge in [0, 0.05) is 11.9 Å². The van der Waals surface area contributed by atoms with Crippen LogP contribution < -0.4 is 5.32 Å². The van der Waals surface area contributed by atoms with Crippen molar-refractivity contribution in [3.05, 3.63) is 53.8 Å². The molecule has 140 valence electrons. The molecule has 1 amide bonds. The molecule has 0 heterocycles. The van der Waals surface area contributed by atoms with E-state index in [0.717, 1.165) is 11.9 Å². The summed E-state index contributed by atoms with van der Waals surface area (Å²) in [5.74, 6) is -5.89. The first kappa shape index (κ1) is 20.3. The summed E-state index contributed by atoms with van der Waals surface area (Å²) in [6.45, 7) is -0.635. The van der Waals surface area contributed by atoms with Crippen LogP contribution in [0.25, 0.3) is 0 Å². The standard InChI is InChI=1S/C16H15F3N2O3S2/c1-21(9-14(22)20-11-5-3-4-6-12(11)25-2)26(23,24)13-8-7-10(17)15(18)16(13)19/h3-8H,9H2,1-2H3,(H,20,22). The molecule has 2 rings (SSSR count). The summed E-state index contributed by atoms with van der Waals surface area (Å²) >= 11 is 1.39. The fourth-order valence-corrected chi connectivity index (χ4v) is 3.83. The molecule has 0 saturated carbocycles. The monoisotopic (exact) mass is 404 g/mol. The molecular weight excluding hydrogens is 389 g/mol. The van der Waals surface area contributed by atoms with Crippen LogP contribution in [0.3, 0.4) is 0 Å². The van der Waals surface area contributed by atoms with Gasteiger partial charge in [0.2, 0.25) is 15.9 Å². The summed E-state index contributed by atoms with van der Waals surface area (Å²) in [5.41, 5.74) is 0.495. The fourth-order valence-electron chi connectivity index (χ4n) is 2.10. The number of nitrogens with one attached hydrogen (secondary N) is 1. The van der Waals surface area contributed by atoms with Crippen molar-refractivity contribution in [2.45, 2.75) is 9.79 Å². The van der Waals surface area contributed by atoms with E-state index in [2.05, 4.69) is 5.32 Å². The van der Waals surface area contributed by atoms with Crippen molar-refractivity contribution < 1.29 is 26.4 Å². The molecule has 0 saturated heterocycles. The molecule has 0 aromatic heterocycles. The van der Waals surface area contributed by atoms with Gasteiger partial charge in [-0.15, -0.1) is 11.8 Å². The molecule has 1 N–H and O–H groups in total. The minimum atomic E-state index is -4.53. The van der Waals surface area contributed by atoms with E-state index in [4.69, 9.17) is 0 Å². The van der Waals surface area contributed by atoms with Crippen LogP contribution in [0.15, 0.2) is 46.2 Å². The van der Waals surface area contributed by atoms with Gasteiger partial charge in [-0.1, -0.05) is 12.1 Å². The van der Waals surface area contributed by atoms with Crippen molar-refractivity contribution in [3.8, 4) is 0 Å². The van der Waals surface area contributed by atoms with Gasteiger partial charge in [0.25, 0.3) is 0 Å². The third kappa shape index (κ3) is 4.19. The van der Waals surface area contributed by atoms with Crippen LogP contribution in [-0.2, 0) is 14.8 Å². The minimum Gasteiger partial charge on any atom is -0.324 e. The van der Waals surface area contributed by atoms with E-state index < -0.39 is 44.8 Å². The van der Waals surface area contributed by atoms with E-state index in [1.54, 1.807) is 24.3 Å². The molecule has 0 radical (unpaired) electrons. The zero-order chi connectivity index (χ0) is 19.5. The van der Waals surface area contributed by atoms with Gasteiger partial charge in [0.05, 0.1) is 12.2 Å². The number of likely N-dealkylation sites (N-methyl/N-ethyl adjacent to an activating group) is 1. The van der Waals surface area contributed by atoms with E-state index in [1.165, 1.54) is 11.8 Å². The molecule has 0 spiro atoms. The molecule has 0 aliphatic carbocycles. The topological polar surface area (TPSA) is 66.5 Å². The molecular formula is C16H15F3N2O3S2. The van der Waals surface area contributed by atoms with Crippen molar-refractivity contribution in [1.82, 2.24) is 4.31 Å². The average Bonchev–Trinajstić information content (AvgIpc) is 2.59. The number of amides is 1. The molecule has 0 bridgehead atoms. The zero-order valence-corrected chi connectivity index (χ0v) is 15.4. The largest absolute Gasteiger partial charge is 0.324 e. The molecule has 5 nitrogen and oxygen atoms in total. The number of sulfonamides is 1. The number of nitrogens with zero attached hydrogens (tertiary/aromatic N) is 1. The maximum absolute atomic E-state index is 13.8. The molecule has 2 aromatic carbocycles. The van der Waals surface area contributed by atoms with Crippen molar-refractivity contribution in [1.29, 1.82) is 0 Å². The van der Waals surface area contributed by atoms with Crippen molar-refractivity contribution in [3.63, 3.8) is 0 Å². The predicted octanol–water partition coefficient (Wildman–Crippen LogP) is 3.09. The van der Waals surface area contributed by atoms with Gasteiger partial charge in [-0.05, 0) is 30.5 Å². The third-order valence-electron chi connectivity index (χ3n) is 3.44. The van der Waals surface area contributed by atoms with Crippen LogP contribution in [-0.4, -0.2) is 38.5 Å². The first-order valence-electron chi connectivity index (χ1n) is 7.21. The Morgan fingerprint density at radius 3 is 2.42 bits per heavy atom. The Balaban J connectivity index is 2.19. The van der Waals surface area contributed by atoms with Gasteiger partial charge in [-0.3, -0.25) is 4.79 Å². The quantitative estimate of drug-likeness (QED) is 0.594. The first-order chi connectivity index (χ1) is 12.2. The molecule has 0 unspecified atom stereocenters. The maximum Gasteiger partial charge on any atom is 0.246 e. The smallest absolute Gasteiger partial charge is 0.246 e. The number of hydrogen-bond acceptors (Lipinski definition) is 4. The van der Waals surface area contributed by atoms with Crippen molar-refractivity contribution in [2.75, 3.05) is 25.2 Å². The SMILES string of the molecule is CSc1ccccc1NC(=O)CN(C)S(=O)(=O)c1ccc(F)c(F)c1F. The highest BCUT2D eigenvalue weighted by atomic mass is 32.2. The maximum atomic E-state index is 13.8. The number of para-hydroxylation sites is 1. The van der Waals surface area contributed by atoms with Gasteiger partial charge in [-0.25, -0.2) is 21.6 Å². The molecule has 0 aliphatic rings. The van der Waals surface area contributed by atoms with Crippen molar-refractivity contribution >= 4 is 33.4 Å². The second-order valence-corrected chi connectivity index (χ2v) is 8.04. The Bertz CT molecular complexity index is 936. The third-order valence-corrected chi connectivity index (χ3v) is 6.05. The molecule has 10 heteroatoms. The van der Waals surface area contributed by atoms with Gasteiger partial charge in [0.15, 0.2) is 17.5 Å². The lowest BCUT2D eigenvalue weighted by Gasteiger charge is -2.18. The van der Waals surface area contributed by atoms with Crippen LogP contribution in [0.4, 0.5) is 18.9 Å². The number of benzene rings is 2. The van der Waals surface area contributed by atoms with E-state index in [9.17, 15) is 26.4 Å². The second kappa shape index (κ2) is 8.11. The van der Waals surface area contributed by atoms with Gasteiger partial charge >= 0.3 is 0 Å². The Kier molecular flexibility index (Phi) is 6.32. The zero-order valence-electron chi connectivity index (χ0n) is 13.8. The minimum absolute atomic E-state index is 0.495. The summed E-state index contributed by atoms with van der Waals surface area (Å²) in [7, 11) is -3.49. The summed E-state index contributed by atoms with van der Waals surface area (Å²) in [5, 5.41) is 2.56. The lowest BCUT2D eigenvalue weighted by molar-refractivity contribution is -0.116. The number of hydrogen-bond donors (Lipinski definition) is 1. The van der Waals surface area contributed by atoms with Gasteiger partial charge < -0.3 is 5.32 Å². The van der Waals surface area contributed by atoms with Gasteiger partial charge in [0.1, 0.15) is 4.90 Å². The molecule has 26 heavy (non-hydrogen) atoms. The normalized spacial score (nSPS) is 11.6. The summed E-state index contributed by atoms with van der Waals surface area (Å²) in [6.07, 6.45) is 1.81. The van der Waals surface area contributed by atoms with E-state index in [0.29, 0.717) is 22.1 Å². The molecule has 0 fully saturated rings. The van der Waals surface area contributed by atoms with Crippen LogP contribution in [0.5, 0.6) is 0 Å². The van der Waals surface area contributed by atoms with Crippen LogP contribution in [0, 0.1) is 17.5 Å². The number of thioether (sulfide) groups is 1. The molecule has 2 aromatic rings. The number of anilines is 1. The highest BCUT2D eigenvalue weighted by Crippen LogP contribution is 2.25. The highest BCUT2D eigenvalue weighted by Gasteiger charge is 2.29. The van der Waals surface area contributed by atoms with E-state index >= 15 is 0 Å². The first-order valence-corrected chi connectivity index (χ1v) is 9.87. The van der Waals surface area contributed by atoms with E-state index in [1.807, 2.05) is 6.26 Å². The molecule has 0 aliphatic heterocycles. The summed E-state index contributed by atoms with van der Waals surface area (Å²) in [4.78, 5) is 11.9. The lowest BCUT2D eigenvalue weighted by Crippen LogP contribution is -2.35. The Labute approximate surface area is 153 Å². The predicted molar refractivity (Wildman–Crippen MR) is 93.0 cm³/mol. The average molecular weight is 404 g/mol. The number of carbonyl (C=O) groups is 1. The van der Waals surface area contributed by atoms with Crippen LogP contribution in [0.1, 0.15) is 0 Å². The summed E-state index contributed by atoms with van der Waals surface area (Å²) in [6, 6.07) is 8.02. The van der Waals surface area contributed by atoms with Crippen LogP contribution in [0.2, 0.25) is 0 Å². The molecule has 0 atom stereocenters. The van der Waals surface area contributed by atoms with Crippen molar-refractivity contribution in [2.24, 2.45) is 0 Å². The van der Waals surface area contributed by atoms with E-state index in [-0.39, 0.29) is 0 Å². The Morgan fingerprint density at radius 2 is 1.77 bits per heavy atom. The number of carbonyl (C=O) groups excluding carboxylic acids is 1. The lowest BCUT2D eigenvalue weighted by atomic mass is 10.3.